The van der Waals surface area contributed by atoms with Crippen LogP contribution in [0.25, 0.3) is 27.5 Å². The minimum Gasteiger partial charge on any atom is -0.350 e. The number of rotatable bonds is 6. The number of carbonyl (C=O) groups is 1. The van der Waals surface area contributed by atoms with E-state index in [-0.39, 0.29) is 5.91 Å². The molecule has 1 fully saturated rings. The van der Waals surface area contributed by atoms with Gasteiger partial charge in [0.05, 0.1) is 45.8 Å². The summed E-state index contributed by atoms with van der Waals surface area (Å²) in [7, 11) is 5.92. The lowest BCUT2D eigenvalue weighted by atomic mass is 10.2. The van der Waals surface area contributed by atoms with Crippen molar-refractivity contribution in [3.63, 3.8) is 0 Å². The molecule has 1 saturated heterocycles. The van der Waals surface area contributed by atoms with Gasteiger partial charge in [-0.15, -0.1) is 0 Å². The Labute approximate surface area is 214 Å². The highest BCUT2D eigenvalue weighted by atomic mass is 16.1. The maximum atomic E-state index is 12.9. The molecule has 0 saturated carbocycles. The number of pyridine rings is 1. The van der Waals surface area contributed by atoms with E-state index >= 15 is 0 Å². The van der Waals surface area contributed by atoms with E-state index in [2.05, 4.69) is 43.8 Å². The van der Waals surface area contributed by atoms with Crippen LogP contribution in [-0.2, 0) is 14.1 Å². The molecule has 190 valence electrons. The normalized spacial score (nSPS) is 16.2. The second kappa shape index (κ2) is 9.00. The topological polar surface area (TPSA) is 110 Å². The van der Waals surface area contributed by atoms with Crippen molar-refractivity contribution in [2.24, 2.45) is 14.1 Å². The smallest absolute Gasteiger partial charge is 0.252 e. The first kappa shape index (κ1) is 23.2. The fourth-order valence-corrected chi connectivity index (χ4v) is 5.09. The van der Waals surface area contributed by atoms with E-state index < -0.39 is 0 Å². The molecule has 6 heterocycles. The number of hydrogen-bond donors (Lipinski definition) is 2. The second-order valence-electron chi connectivity index (χ2n) is 9.81. The zero-order valence-electron chi connectivity index (χ0n) is 21.4. The maximum absolute atomic E-state index is 12.9. The summed E-state index contributed by atoms with van der Waals surface area (Å²) < 4.78 is 5.49. The lowest BCUT2D eigenvalue weighted by Crippen LogP contribution is -2.38. The van der Waals surface area contributed by atoms with Crippen LogP contribution in [0.4, 0.5) is 11.5 Å². The largest absolute Gasteiger partial charge is 0.350 e. The van der Waals surface area contributed by atoms with Crippen LogP contribution in [0.2, 0.25) is 0 Å². The van der Waals surface area contributed by atoms with Gasteiger partial charge in [-0.2, -0.15) is 15.3 Å². The maximum Gasteiger partial charge on any atom is 0.252 e. The molecule has 6 rings (SSSR count). The molecule has 1 aliphatic rings. The molecule has 5 aromatic heterocycles. The zero-order valence-corrected chi connectivity index (χ0v) is 21.4. The Kier molecular flexibility index (Phi) is 5.64. The van der Waals surface area contributed by atoms with Crippen LogP contribution in [0, 0.1) is 6.92 Å². The molecule has 0 aliphatic carbocycles. The Morgan fingerprint density at radius 3 is 2.70 bits per heavy atom. The summed E-state index contributed by atoms with van der Waals surface area (Å²) >= 11 is 0. The van der Waals surface area contributed by atoms with Gasteiger partial charge in [0.2, 0.25) is 0 Å². The van der Waals surface area contributed by atoms with E-state index in [0.717, 1.165) is 51.9 Å². The highest BCUT2D eigenvalue weighted by molar-refractivity contribution is 6.01. The van der Waals surface area contributed by atoms with Crippen molar-refractivity contribution in [3.05, 3.63) is 54.4 Å². The zero-order chi connectivity index (χ0) is 25.7. The Hall–Kier alpha value is -4.25. The van der Waals surface area contributed by atoms with Crippen molar-refractivity contribution in [3.8, 4) is 11.1 Å². The summed E-state index contributed by atoms with van der Waals surface area (Å²) in [5.41, 5.74) is 5.98. The predicted molar refractivity (Wildman–Crippen MR) is 142 cm³/mol. The molecule has 0 spiro atoms. The van der Waals surface area contributed by atoms with Crippen molar-refractivity contribution in [1.29, 1.82) is 0 Å². The third-order valence-electron chi connectivity index (χ3n) is 7.25. The number of likely N-dealkylation sites (N-methyl/N-ethyl adjacent to an activating group) is 1. The number of aryl methyl sites for hydroxylation is 3. The van der Waals surface area contributed by atoms with Crippen molar-refractivity contribution < 1.29 is 4.79 Å². The summed E-state index contributed by atoms with van der Waals surface area (Å²) in [4.78, 5) is 19.6. The van der Waals surface area contributed by atoms with Gasteiger partial charge < -0.3 is 15.5 Å². The fraction of sp³-hybridized carbons (Fsp3) is 0.346. The van der Waals surface area contributed by atoms with Crippen molar-refractivity contribution in [2.45, 2.75) is 25.8 Å². The monoisotopic (exact) mass is 498 g/mol. The minimum absolute atomic E-state index is 0.124. The number of anilines is 2. The molecule has 0 unspecified atom stereocenters. The molecule has 0 radical (unpaired) electrons. The van der Waals surface area contributed by atoms with Crippen molar-refractivity contribution >= 4 is 33.8 Å². The van der Waals surface area contributed by atoms with Gasteiger partial charge in [0.25, 0.3) is 5.91 Å². The van der Waals surface area contributed by atoms with Gasteiger partial charge in [-0.1, -0.05) is 0 Å². The van der Waals surface area contributed by atoms with Crippen molar-refractivity contribution in [2.75, 3.05) is 25.5 Å². The molecule has 0 aromatic carbocycles. The first-order valence-electron chi connectivity index (χ1n) is 12.4. The van der Waals surface area contributed by atoms with E-state index in [1.165, 1.54) is 6.42 Å². The molecule has 2 N–H and O–H groups in total. The summed E-state index contributed by atoms with van der Waals surface area (Å²) in [5.74, 6) is 0.535. The Balaban J connectivity index is 1.29. The summed E-state index contributed by atoms with van der Waals surface area (Å²) in [6, 6.07) is 4.31. The van der Waals surface area contributed by atoms with E-state index in [1.54, 1.807) is 10.9 Å². The number of amides is 1. The SMILES string of the molecule is Cc1ncc(C(=O)NC[C@@H]2CCCN2C)cc1Nc1nn(C)c2c1cnn1cc(-c3cnn(C)c3)cc21. The number of nitrogens with zero attached hydrogens (tertiary/aromatic N) is 8. The standard InChI is InChI=1S/C26H30N10O/c1-16-22(8-17(10-27-16)26(37)28-12-20-6-5-7-33(20)2)31-25-21-13-30-36-15-18(19-11-29-34(3)14-19)9-23(36)24(21)35(4)32-25/h8-11,13-15,20H,5-7,12H2,1-4H3,(H,28,37)(H,31,32)/t20-/m0/s1. The summed E-state index contributed by atoms with van der Waals surface area (Å²) in [5, 5.41) is 21.0. The van der Waals surface area contributed by atoms with Crippen molar-refractivity contribution in [1.82, 2.24) is 44.4 Å². The summed E-state index contributed by atoms with van der Waals surface area (Å²) in [6.07, 6.45) is 11.5. The number of fused-ring (bicyclic) bond motifs is 3. The third-order valence-corrected chi connectivity index (χ3v) is 7.25. The van der Waals surface area contributed by atoms with E-state index in [4.69, 9.17) is 5.10 Å². The second-order valence-corrected chi connectivity index (χ2v) is 9.81. The predicted octanol–water partition coefficient (Wildman–Crippen LogP) is 2.89. The van der Waals surface area contributed by atoms with Gasteiger partial charge in [-0.3, -0.25) is 19.1 Å². The van der Waals surface area contributed by atoms with Crippen LogP contribution in [0.1, 0.15) is 28.9 Å². The molecule has 1 amide bonds. The van der Waals surface area contributed by atoms with E-state index in [0.29, 0.717) is 24.0 Å². The van der Waals surface area contributed by atoms with Crippen LogP contribution < -0.4 is 10.6 Å². The first-order chi connectivity index (χ1) is 17.9. The van der Waals surface area contributed by atoms with E-state index in [1.807, 2.05) is 61.1 Å². The lowest BCUT2D eigenvalue weighted by Gasteiger charge is -2.19. The van der Waals surface area contributed by atoms with Gasteiger partial charge in [-0.05, 0) is 45.5 Å². The number of hydrogen-bond acceptors (Lipinski definition) is 7. The molecule has 1 aliphatic heterocycles. The van der Waals surface area contributed by atoms with Crippen LogP contribution >= 0.6 is 0 Å². The lowest BCUT2D eigenvalue weighted by molar-refractivity contribution is 0.0943. The Morgan fingerprint density at radius 2 is 1.95 bits per heavy atom. The molecular weight excluding hydrogens is 468 g/mol. The summed E-state index contributed by atoms with van der Waals surface area (Å²) in [6.45, 7) is 3.62. The highest BCUT2D eigenvalue weighted by Gasteiger charge is 2.22. The molecule has 11 heteroatoms. The molecular formula is C26H30N10O. The van der Waals surface area contributed by atoms with E-state index in [9.17, 15) is 4.79 Å². The number of carbonyl (C=O) groups excluding carboxylic acids is 1. The van der Waals surface area contributed by atoms with Crippen LogP contribution in [-0.4, -0.2) is 71.1 Å². The molecule has 5 aromatic rings. The minimum atomic E-state index is -0.124. The van der Waals surface area contributed by atoms with Gasteiger partial charge >= 0.3 is 0 Å². The average Bonchev–Trinajstić information content (AvgIpc) is 3.66. The molecule has 1 atom stereocenters. The number of likely N-dealkylation sites (tertiary alicyclic amines) is 1. The van der Waals surface area contributed by atoms with Gasteiger partial charge in [0, 0.05) is 56.4 Å². The van der Waals surface area contributed by atoms with Crippen LogP contribution in [0.5, 0.6) is 0 Å². The molecule has 37 heavy (non-hydrogen) atoms. The fourth-order valence-electron chi connectivity index (χ4n) is 5.09. The molecule has 0 bridgehead atoms. The number of aromatic nitrogens is 7. The quantitative estimate of drug-likeness (QED) is 0.370. The average molecular weight is 499 g/mol. The molecule has 11 nitrogen and oxygen atoms in total. The highest BCUT2D eigenvalue weighted by Crippen LogP contribution is 2.31. The Morgan fingerprint density at radius 1 is 1.08 bits per heavy atom. The van der Waals surface area contributed by atoms with Crippen LogP contribution in [0.15, 0.2) is 43.1 Å². The van der Waals surface area contributed by atoms with Gasteiger partial charge in [0.15, 0.2) is 5.82 Å². The van der Waals surface area contributed by atoms with Gasteiger partial charge in [0.1, 0.15) is 0 Å². The third kappa shape index (κ3) is 4.20. The number of nitrogens with one attached hydrogen (secondary N) is 2. The van der Waals surface area contributed by atoms with Crippen LogP contribution in [0.3, 0.4) is 0 Å². The Bertz CT molecular complexity index is 1630. The van der Waals surface area contributed by atoms with Gasteiger partial charge in [-0.25, -0.2) is 4.52 Å². The first-order valence-corrected chi connectivity index (χ1v) is 12.4.